The molecule has 0 aromatic carbocycles. The third-order valence-electron chi connectivity index (χ3n) is 1.85. The van der Waals surface area contributed by atoms with Gasteiger partial charge in [-0.2, -0.15) is 0 Å². The van der Waals surface area contributed by atoms with Crippen molar-refractivity contribution in [3.8, 4) is 0 Å². The van der Waals surface area contributed by atoms with Crippen molar-refractivity contribution in [2.24, 2.45) is 5.73 Å². The number of hydrogen-bond donors (Lipinski definition) is 2. The Bertz CT molecular complexity index is 240. The summed E-state index contributed by atoms with van der Waals surface area (Å²) in [7, 11) is 0. The van der Waals surface area contributed by atoms with Crippen LogP contribution in [0.15, 0.2) is 12.7 Å². The number of carbonyl (C=O) groups excluding carboxylic acids is 2. The highest BCUT2D eigenvalue weighted by Gasteiger charge is 2.28. The van der Waals surface area contributed by atoms with Crippen LogP contribution in [-0.4, -0.2) is 36.0 Å². The van der Waals surface area contributed by atoms with Crippen LogP contribution in [0.1, 0.15) is 6.42 Å². The molecule has 0 aliphatic carbocycles. The Morgan fingerprint density at radius 2 is 2.54 bits per heavy atom. The van der Waals surface area contributed by atoms with Gasteiger partial charge in [-0.25, -0.2) is 4.79 Å². The molecule has 1 heterocycles. The van der Waals surface area contributed by atoms with E-state index in [-0.39, 0.29) is 18.6 Å². The minimum absolute atomic E-state index is 0.0144. The number of urea groups is 1. The van der Waals surface area contributed by atoms with Crippen LogP contribution in [0.2, 0.25) is 0 Å². The largest absolute Gasteiger partial charge is 0.368 e. The van der Waals surface area contributed by atoms with Crippen LogP contribution in [0.4, 0.5) is 4.79 Å². The molecule has 1 atom stereocenters. The van der Waals surface area contributed by atoms with Gasteiger partial charge in [0.05, 0.1) is 6.04 Å². The quantitative estimate of drug-likeness (QED) is 0.573. The second-order valence-electron chi connectivity index (χ2n) is 3.02. The zero-order valence-electron chi connectivity index (χ0n) is 7.32. The van der Waals surface area contributed by atoms with E-state index < -0.39 is 5.91 Å². The third-order valence-corrected chi connectivity index (χ3v) is 1.85. The zero-order chi connectivity index (χ0) is 9.84. The maximum absolute atomic E-state index is 11.2. The highest BCUT2D eigenvalue weighted by atomic mass is 16.2. The number of nitrogens with one attached hydrogen (secondary N) is 1. The molecule has 0 saturated carbocycles. The Hall–Kier alpha value is -1.52. The summed E-state index contributed by atoms with van der Waals surface area (Å²) in [6, 6.07) is -0.171. The van der Waals surface area contributed by atoms with Crippen LogP contribution in [0, 0.1) is 0 Å². The van der Waals surface area contributed by atoms with E-state index in [4.69, 9.17) is 5.73 Å². The van der Waals surface area contributed by atoms with Gasteiger partial charge < -0.3 is 16.0 Å². The highest BCUT2D eigenvalue weighted by molar-refractivity contribution is 5.84. The van der Waals surface area contributed by atoms with Gasteiger partial charge in [-0.1, -0.05) is 6.08 Å². The van der Waals surface area contributed by atoms with Crippen LogP contribution in [0.25, 0.3) is 0 Å². The Morgan fingerprint density at radius 3 is 3.08 bits per heavy atom. The number of amides is 3. The highest BCUT2D eigenvalue weighted by Crippen LogP contribution is 2.06. The number of nitrogens with zero attached hydrogens (tertiary/aromatic N) is 1. The summed E-state index contributed by atoms with van der Waals surface area (Å²) in [6.07, 6.45) is 2.44. The van der Waals surface area contributed by atoms with Crippen LogP contribution in [0.3, 0.4) is 0 Å². The predicted molar refractivity (Wildman–Crippen MR) is 47.9 cm³/mol. The van der Waals surface area contributed by atoms with Crippen molar-refractivity contribution in [3.63, 3.8) is 0 Å². The molecule has 1 fully saturated rings. The van der Waals surface area contributed by atoms with Gasteiger partial charge in [0.1, 0.15) is 6.54 Å². The molecule has 1 rings (SSSR count). The van der Waals surface area contributed by atoms with Crippen molar-refractivity contribution in [2.75, 3.05) is 13.1 Å². The Balaban J connectivity index is 2.46. The second-order valence-corrected chi connectivity index (χ2v) is 3.02. The van der Waals surface area contributed by atoms with Crippen molar-refractivity contribution in [3.05, 3.63) is 12.7 Å². The van der Waals surface area contributed by atoms with Crippen molar-refractivity contribution >= 4 is 11.9 Å². The van der Waals surface area contributed by atoms with E-state index in [1.807, 2.05) is 0 Å². The van der Waals surface area contributed by atoms with Gasteiger partial charge in [0.25, 0.3) is 0 Å². The molecule has 3 N–H and O–H groups in total. The van der Waals surface area contributed by atoms with E-state index in [1.54, 1.807) is 6.08 Å². The molecule has 0 aromatic heterocycles. The first kappa shape index (κ1) is 9.57. The number of rotatable bonds is 4. The lowest BCUT2D eigenvalue weighted by atomic mass is 10.2. The molecule has 1 aliphatic rings. The molecule has 72 valence electrons. The van der Waals surface area contributed by atoms with E-state index in [2.05, 4.69) is 11.9 Å². The van der Waals surface area contributed by atoms with Gasteiger partial charge in [-0.05, 0) is 6.42 Å². The van der Waals surface area contributed by atoms with Gasteiger partial charge in [0.2, 0.25) is 5.91 Å². The smallest absolute Gasteiger partial charge is 0.318 e. The molecule has 1 aliphatic heterocycles. The summed E-state index contributed by atoms with van der Waals surface area (Å²) in [5.74, 6) is -0.491. The summed E-state index contributed by atoms with van der Waals surface area (Å²) in [5.41, 5.74) is 4.97. The average molecular weight is 183 g/mol. The summed E-state index contributed by atoms with van der Waals surface area (Å²) < 4.78 is 0. The Morgan fingerprint density at radius 1 is 1.85 bits per heavy atom. The fraction of sp³-hybridized carbons (Fsp3) is 0.500. The standard InChI is InChI=1S/C8H13N3O2/c1-2-3-6-4-11(5-7(9)12)8(13)10-6/h2,6H,1,3-5H2,(H2,9,12)(H,10,13). The van der Waals surface area contributed by atoms with Crippen molar-refractivity contribution in [1.29, 1.82) is 0 Å². The normalized spacial score (nSPS) is 21.4. The van der Waals surface area contributed by atoms with Crippen LogP contribution in [-0.2, 0) is 4.79 Å². The fourth-order valence-corrected chi connectivity index (χ4v) is 1.32. The molecule has 13 heavy (non-hydrogen) atoms. The molecule has 0 radical (unpaired) electrons. The molecular formula is C8H13N3O2. The van der Waals surface area contributed by atoms with E-state index in [0.29, 0.717) is 13.0 Å². The van der Waals surface area contributed by atoms with Crippen LogP contribution in [0.5, 0.6) is 0 Å². The Labute approximate surface area is 76.6 Å². The molecule has 0 aromatic rings. The average Bonchev–Trinajstić information content (AvgIpc) is 2.31. The second kappa shape index (κ2) is 3.93. The third kappa shape index (κ3) is 2.47. The maximum Gasteiger partial charge on any atom is 0.318 e. The SMILES string of the molecule is C=CCC1CN(CC(N)=O)C(=O)N1. The van der Waals surface area contributed by atoms with Crippen LogP contribution < -0.4 is 11.1 Å². The first-order chi connectivity index (χ1) is 6.13. The summed E-state index contributed by atoms with van der Waals surface area (Å²) in [4.78, 5) is 23.1. The maximum atomic E-state index is 11.2. The van der Waals surface area contributed by atoms with Gasteiger partial charge in [-0.3, -0.25) is 4.79 Å². The molecule has 1 unspecified atom stereocenters. The summed E-state index contributed by atoms with van der Waals surface area (Å²) >= 11 is 0. The van der Waals surface area contributed by atoms with E-state index in [1.165, 1.54) is 4.90 Å². The number of nitrogens with two attached hydrogens (primary N) is 1. The predicted octanol–water partition coefficient (Wildman–Crippen LogP) is -0.558. The molecule has 5 nitrogen and oxygen atoms in total. The molecule has 5 heteroatoms. The molecule has 1 saturated heterocycles. The van der Waals surface area contributed by atoms with Crippen molar-refractivity contribution in [1.82, 2.24) is 10.2 Å². The van der Waals surface area contributed by atoms with Crippen molar-refractivity contribution < 1.29 is 9.59 Å². The monoisotopic (exact) mass is 183 g/mol. The van der Waals surface area contributed by atoms with Gasteiger partial charge in [-0.15, -0.1) is 6.58 Å². The minimum Gasteiger partial charge on any atom is -0.368 e. The number of primary amides is 1. The topological polar surface area (TPSA) is 75.4 Å². The van der Waals surface area contributed by atoms with Gasteiger partial charge in [0, 0.05) is 6.54 Å². The fourth-order valence-electron chi connectivity index (χ4n) is 1.32. The van der Waals surface area contributed by atoms with E-state index >= 15 is 0 Å². The van der Waals surface area contributed by atoms with Gasteiger partial charge in [0.15, 0.2) is 0 Å². The first-order valence-electron chi connectivity index (χ1n) is 4.08. The number of hydrogen-bond acceptors (Lipinski definition) is 2. The lowest BCUT2D eigenvalue weighted by Gasteiger charge is -2.10. The molecule has 0 spiro atoms. The summed E-state index contributed by atoms with van der Waals surface area (Å²) in [5, 5.41) is 2.72. The number of carbonyl (C=O) groups is 2. The summed E-state index contributed by atoms with van der Waals surface area (Å²) in [6.45, 7) is 4.08. The molecular weight excluding hydrogens is 170 g/mol. The van der Waals surface area contributed by atoms with E-state index in [0.717, 1.165) is 0 Å². The minimum atomic E-state index is -0.491. The lowest BCUT2D eigenvalue weighted by molar-refractivity contribution is -0.118. The van der Waals surface area contributed by atoms with Crippen molar-refractivity contribution in [2.45, 2.75) is 12.5 Å². The molecule has 3 amide bonds. The molecule has 0 bridgehead atoms. The first-order valence-corrected chi connectivity index (χ1v) is 4.08. The van der Waals surface area contributed by atoms with Gasteiger partial charge >= 0.3 is 6.03 Å². The van der Waals surface area contributed by atoms with E-state index in [9.17, 15) is 9.59 Å². The zero-order valence-corrected chi connectivity index (χ0v) is 7.32. The van der Waals surface area contributed by atoms with Crippen LogP contribution >= 0.6 is 0 Å². The Kier molecular flexibility index (Phi) is 2.89. The lowest BCUT2D eigenvalue weighted by Crippen LogP contribution is -2.36.